The van der Waals surface area contributed by atoms with Crippen LogP contribution in [0, 0.1) is 0 Å². The van der Waals surface area contributed by atoms with E-state index in [1.54, 1.807) is 14.2 Å². The first kappa shape index (κ1) is 19.3. The molecule has 0 amide bonds. The van der Waals surface area contributed by atoms with Crippen LogP contribution in [0.25, 0.3) is 0 Å². The van der Waals surface area contributed by atoms with Crippen LogP contribution in [0.5, 0.6) is 11.5 Å². The maximum atomic E-state index is 5.76. The van der Waals surface area contributed by atoms with Gasteiger partial charge in [-0.1, -0.05) is 36.4 Å². The van der Waals surface area contributed by atoms with Gasteiger partial charge in [0.25, 0.3) is 0 Å². The van der Waals surface area contributed by atoms with Gasteiger partial charge in [0, 0.05) is 13.2 Å². The largest absolute Gasteiger partial charge is 0.496 e. The van der Waals surface area contributed by atoms with Gasteiger partial charge in [-0.2, -0.15) is 0 Å². The summed E-state index contributed by atoms with van der Waals surface area (Å²) in [6.45, 7) is 1.67. The Morgan fingerprint density at radius 1 is 0.600 bits per heavy atom. The molecule has 0 fully saturated rings. The van der Waals surface area contributed by atoms with Crippen LogP contribution in [0.1, 0.15) is 36.8 Å². The molecule has 0 radical (unpaired) electrons. The summed E-state index contributed by atoms with van der Waals surface area (Å²) in [5.74, 6) is 1.97. The number of methoxy groups -OCH3 is 2. The Morgan fingerprint density at radius 2 is 1.04 bits per heavy atom. The third-order valence-corrected chi connectivity index (χ3v) is 4.35. The van der Waals surface area contributed by atoms with E-state index in [4.69, 9.17) is 14.2 Å². The van der Waals surface area contributed by atoms with Crippen LogP contribution < -0.4 is 9.47 Å². The number of hydrogen-bond donors (Lipinski definition) is 0. The van der Waals surface area contributed by atoms with Crippen molar-refractivity contribution >= 4 is 0 Å². The minimum Gasteiger partial charge on any atom is -0.496 e. The van der Waals surface area contributed by atoms with Gasteiger partial charge in [0.15, 0.2) is 0 Å². The molecular weight excluding hydrogens is 312 g/mol. The van der Waals surface area contributed by atoms with Crippen molar-refractivity contribution in [1.29, 1.82) is 0 Å². The summed E-state index contributed by atoms with van der Waals surface area (Å²) in [6, 6.07) is 16.5. The van der Waals surface area contributed by atoms with E-state index in [1.807, 2.05) is 24.3 Å². The second-order valence-electron chi connectivity index (χ2n) is 6.15. The lowest BCUT2D eigenvalue weighted by atomic mass is 10.1. The van der Waals surface area contributed by atoms with Gasteiger partial charge in [0.2, 0.25) is 0 Å². The summed E-state index contributed by atoms with van der Waals surface area (Å²) in [7, 11) is 3.46. The van der Waals surface area contributed by atoms with Crippen LogP contribution >= 0.6 is 0 Å². The van der Waals surface area contributed by atoms with Crippen LogP contribution in [0.3, 0.4) is 0 Å². The van der Waals surface area contributed by atoms with Crippen LogP contribution in [0.2, 0.25) is 0 Å². The van der Waals surface area contributed by atoms with Crippen LogP contribution in [-0.4, -0.2) is 27.4 Å². The Morgan fingerprint density at radius 3 is 1.48 bits per heavy atom. The Hall–Kier alpha value is -2.00. The highest BCUT2D eigenvalue weighted by molar-refractivity contribution is 5.33. The van der Waals surface area contributed by atoms with E-state index in [0.717, 1.165) is 63.2 Å². The van der Waals surface area contributed by atoms with Gasteiger partial charge >= 0.3 is 0 Å². The predicted molar refractivity (Wildman–Crippen MR) is 103 cm³/mol. The zero-order valence-corrected chi connectivity index (χ0v) is 15.5. The van der Waals surface area contributed by atoms with E-state index < -0.39 is 0 Å². The number of rotatable bonds is 12. The van der Waals surface area contributed by atoms with Gasteiger partial charge in [-0.25, -0.2) is 0 Å². The van der Waals surface area contributed by atoms with Crippen molar-refractivity contribution in [3.8, 4) is 11.5 Å². The number of unbranched alkanes of at least 4 members (excludes halogenated alkanes) is 2. The van der Waals surface area contributed by atoms with Crippen molar-refractivity contribution in [3.63, 3.8) is 0 Å². The Kier molecular flexibility index (Phi) is 8.92. The van der Waals surface area contributed by atoms with E-state index >= 15 is 0 Å². The quantitative estimate of drug-likeness (QED) is 0.504. The number of hydrogen-bond acceptors (Lipinski definition) is 3. The molecule has 2 rings (SSSR count). The lowest BCUT2D eigenvalue weighted by Crippen LogP contribution is -2.00. The second kappa shape index (κ2) is 11.5. The molecule has 3 nitrogen and oxygen atoms in total. The van der Waals surface area contributed by atoms with Gasteiger partial charge < -0.3 is 14.2 Å². The molecule has 0 aliphatic rings. The van der Waals surface area contributed by atoms with Crippen molar-refractivity contribution < 1.29 is 14.2 Å². The molecular formula is C22H30O3. The molecule has 0 heterocycles. The van der Waals surface area contributed by atoms with Gasteiger partial charge in [-0.3, -0.25) is 0 Å². The van der Waals surface area contributed by atoms with Gasteiger partial charge in [-0.15, -0.1) is 0 Å². The highest BCUT2D eigenvalue weighted by Gasteiger charge is 2.02. The van der Waals surface area contributed by atoms with E-state index in [-0.39, 0.29) is 0 Å². The highest BCUT2D eigenvalue weighted by atomic mass is 16.5. The van der Waals surface area contributed by atoms with Crippen molar-refractivity contribution in [2.24, 2.45) is 0 Å². The topological polar surface area (TPSA) is 27.7 Å². The molecule has 0 aromatic heterocycles. The summed E-state index contributed by atoms with van der Waals surface area (Å²) in [5.41, 5.74) is 2.56. The van der Waals surface area contributed by atoms with Crippen LogP contribution in [-0.2, 0) is 17.6 Å². The molecule has 0 saturated heterocycles. The molecule has 0 bridgehead atoms. The lowest BCUT2D eigenvalue weighted by molar-refractivity contribution is 0.127. The summed E-state index contributed by atoms with van der Waals surface area (Å²) in [6.07, 6.45) is 6.51. The summed E-state index contributed by atoms with van der Waals surface area (Å²) in [5, 5.41) is 0. The van der Waals surface area contributed by atoms with Crippen molar-refractivity contribution in [2.45, 2.75) is 38.5 Å². The Bertz CT molecular complexity index is 556. The number of ether oxygens (including phenoxy) is 3. The molecule has 25 heavy (non-hydrogen) atoms. The molecule has 0 N–H and O–H groups in total. The van der Waals surface area contributed by atoms with Crippen molar-refractivity contribution in [2.75, 3.05) is 27.4 Å². The zero-order chi connectivity index (χ0) is 17.7. The third-order valence-electron chi connectivity index (χ3n) is 4.35. The second-order valence-corrected chi connectivity index (χ2v) is 6.15. The zero-order valence-electron chi connectivity index (χ0n) is 15.5. The molecule has 0 aliphatic carbocycles. The van der Waals surface area contributed by atoms with E-state index in [2.05, 4.69) is 24.3 Å². The first-order valence-corrected chi connectivity index (χ1v) is 9.16. The fourth-order valence-electron chi connectivity index (χ4n) is 2.96. The monoisotopic (exact) mass is 342 g/mol. The van der Waals surface area contributed by atoms with Crippen molar-refractivity contribution in [3.05, 3.63) is 59.7 Å². The van der Waals surface area contributed by atoms with E-state index in [0.29, 0.717) is 0 Å². The van der Waals surface area contributed by atoms with E-state index in [9.17, 15) is 0 Å². The predicted octanol–water partition coefficient (Wildman–Crippen LogP) is 5.07. The maximum absolute atomic E-state index is 5.76. The number of aryl methyl sites for hydroxylation is 2. The number of benzene rings is 2. The van der Waals surface area contributed by atoms with E-state index in [1.165, 1.54) is 11.1 Å². The molecule has 0 unspecified atom stereocenters. The summed E-state index contributed by atoms with van der Waals surface area (Å²) in [4.78, 5) is 0. The highest BCUT2D eigenvalue weighted by Crippen LogP contribution is 2.20. The Balaban J connectivity index is 1.51. The molecule has 0 saturated carbocycles. The molecule has 3 heteroatoms. The standard InChI is InChI=1S/C22H30O3/c1-23-21-15-5-3-11-19(21)13-7-9-17-25-18-10-8-14-20-12-4-6-16-22(20)24-2/h3-6,11-12,15-16H,7-10,13-14,17-18H2,1-2H3. The smallest absolute Gasteiger partial charge is 0.122 e. The first-order valence-electron chi connectivity index (χ1n) is 9.16. The molecule has 0 spiro atoms. The van der Waals surface area contributed by atoms with Crippen LogP contribution in [0.4, 0.5) is 0 Å². The Labute approximate surface area is 151 Å². The first-order chi connectivity index (χ1) is 12.3. The average molecular weight is 342 g/mol. The molecule has 2 aromatic carbocycles. The summed E-state index contributed by atoms with van der Waals surface area (Å²) < 4.78 is 16.5. The molecule has 2 aromatic rings. The maximum Gasteiger partial charge on any atom is 0.122 e. The van der Waals surface area contributed by atoms with Gasteiger partial charge in [0.1, 0.15) is 11.5 Å². The fourth-order valence-corrected chi connectivity index (χ4v) is 2.96. The minimum absolute atomic E-state index is 0.837. The minimum atomic E-state index is 0.837. The molecule has 0 atom stereocenters. The normalized spacial score (nSPS) is 10.6. The van der Waals surface area contributed by atoms with Crippen molar-refractivity contribution in [1.82, 2.24) is 0 Å². The summed E-state index contributed by atoms with van der Waals surface area (Å²) >= 11 is 0. The number of para-hydroxylation sites is 2. The average Bonchev–Trinajstić information content (AvgIpc) is 2.67. The lowest BCUT2D eigenvalue weighted by Gasteiger charge is -2.09. The fraction of sp³-hybridized carbons (Fsp3) is 0.455. The SMILES string of the molecule is COc1ccccc1CCCCOCCCCc1ccccc1OC. The third kappa shape index (κ3) is 6.79. The molecule has 136 valence electrons. The van der Waals surface area contributed by atoms with Crippen LogP contribution in [0.15, 0.2) is 48.5 Å². The van der Waals surface area contributed by atoms with Gasteiger partial charge in [0.05, 0.1) is 14.2 Å². The van der Waals surface area contributed by atoms with Gasteiger partial charge in [-0.05, 0) is 61.8 Å². The molecule has 0 aliphatic heterocycles.